The minimum atomic E-state index is -0.263. The van der Waals surface area contributed by atoms with Crippen LogP contribution in [-0.2, 0) is 13.1 Å². The molecule has 1 aliphatic rings. The summed E-state index contributed by atoms with van der Waals surface area (Å²) in [6.45, 7) is 0.782. The number of nitrogens with zero attached hydrogens (tertiary/aromatic N) is 2. The van der Waals surface area contributed by atoms with Crippen molar-refractivity contribution in [3.63, 3.8) is 0 Å². The summed E-state index contributed by atoms with van der Waals surface area (Å²) in [5.74, 6) is 1.06. The third-order valence-corrected chi connectivity index (χ3v) is 5.50. The van der Waals surface area contributed by atoms with Crippen molar-refractivity contribution in [2.24, 2.45) is 0 Å². The maximum absolute atomic E-state index is 13.1. The van der Waals surface area contributed by atoms with E-state index in [0.717, 1.165) is 11.3 Å². The van der Waals surface area contributed by atoms with Crippen molar-refractivity contribution < 1.29 is 14.3 Å². The third kappa shape index (κ3) is 3.85. The van der Waals surface area contributed by atoms with E-state index in [1.165, 1.54) is 4.57 Å². The number of pyridine rings is 1. The van der Waals surface area contributed by atoms with Gasteiger partial charge in [-0.1, -0.05) is 12.1 Å². The number of hydrogen-bond acceptors (Lipinski definition) is 6. The number of aromatic nitrogens is 3. The van der Waals surface area contributed by atoms with Gasteiger partial charge in [0, 0.05) is 11.8 Å². The molecule has 0 bridgehead atoms. The van der Waals surface area contributed by atoms with Crippen LogP contribution in [0.5, 0.6) is 11.5 Å². The second-order valence-corrected chi connectivity index (χ2v) is 7.66. The van der Waals surface area contributed by atoms with Gasteiger partial charge in [-0.2, -0.15) is 0 Å². The van der Waals surface area contributed by atoms with Crippen molar-refractivity contribution in [2.45, 2.75) is 13.1 Å². The van der Waals surface area contributed by atoms with E-state index in [0.29, 0.717) is 34.5 Å². The molecule has 0 unspecified atom stereocenters. The Bertz CT molecular complexity index is 1450. The highest BCUT2D eigenvalue weighted by Gasteiger charge is 2.15. The number of fused-ring (bicyclic) bond motifs is 2. The number of hydrogen-bond donors (Lipinski definition) is 2. The number of aromatic amines is 1. The predicted molar refractivity (Wildman–Crippen MR) is 120 cm³/mol. The molecule has 0 spiro atoms. The molecule has 160 valence electrons. The van der Waals surface area contributed by atoms with Gasteiger partial charge in [-0.3, -0.25) is 19.1 Å². The number of amides is 1. The summed E-state index contributed by atoms with van der Waals surface area (Å²) in [6, 6.07) is 15.9. The first-order valence-corrected chi connectivity index (χ1v) is 10.3. The molecule has 2 aromatic heterocycles. The summed E-state index contributed by atoms with van der Waals surface area (Å²) in [4.78, 5) is 32.9. The van der Waals surface area contributed by atoms with Gasteiger partial charge in [0.25, 0.3) is 11.5 Å². The van der Waals surface area contributed by atoms with E-state index < -0.39 is 0 Å². The molecule has 3 heterocycles. The Labute approximate surface area is 187 Å². The van der Waals surface area contributed by atoms with E-state index in [4.69, 9.17) is 21.7 Å². The molecular weight excluding hydrogens is 428 g/mol. The van der Waals surface area contributed by atoms with Gasteiger partial charge in [0.2, 0.25) is 6.79 Å². The van der Waals surface area contributed by atoms with Crippen LogP contribution in [0.15, 0.2) is 65.6 Å². The number of carbonyl (C=O) groups excluding carboxylic acids is 1. The lowest BCUT2D eigenvalue weighted by Gasteiger charge is -2.10. The molecule has 0 saturated heterocycles. The maximum atomic E-state index is 13.1. The third-order valence-electron chi connectivity index (χ3n) is 5.18. The van der Waals surface area contributed by atoms with Crippen molar-refractivity contribution in [1.29, 1.82) is 0 Å². The van der Waals surface area contributed by atoms with Gasteiger partial charge < -0.3 is 19.8 Å². The quantitative estimate of drug-likeness (QED) is 0.457. The molecule has 1 aliphatic heterocycles. The summed E-state index contributed by atoms with van der Waals surface area (Å²) < 4.78 is 12.5. The zero-order valence-corrected chi connectivity index (χ0v) is 17.6. The molecule has 0 radical (unpaired) electrons. The average molecular weight is 446 g/mol. The lowest BCUT2D eigenvalue weighted by molar-refractivity contribution is 0.0950. The van der Waals surface area contributed by atoms with Crippen LogP contribution in [-0.4, -0.2) is 27.2 Å². The van der Waals surface area contributed by atoms with Crippen LogP contribution < -0.4 is 20.3 Å². The first-order chi connectivity index (χ1) is 15.6. The Balaban J connectivity index is 1.41. The first kappa shape index (κ1) is 20.0. The van der Waals surface area contributed by atoms with Gasteiger partial charge in [-0.15, -0.1) is 0 Å². The molecule has 0 atom stereocenters. The molecule has 8 nitrogen and oxygen atoms in total. The summed E-state index contributed by atoms with van der Waals surface area (Å²) in [5.41, 5.74) is 2.31. The predicted octanol–water partition coefficient (Wildman–Crippen LogP) is 3.16. The van der Waals surface area contributed by atoms with E-state index in [1.54, 1.807) is 24.4 Å². The summed E-state index contributed by atoms with van der Waals surface area (Å²) in [7, 11) is 0. The SMILES string of the molecule is O=C(NCc1ccccn1)c1ccc2c(=O)n(Cc3ccc4c(c3)OCO4)c(=S)[nH]c2c1. The Kier molecular flexibility index (Phi) is 5.16. The Morgan fingerprint density at radius 1 is 1.12 bits per heavy atom. The van der Waals surface area contributed by atoms with E-state index in [9.17, 15) is 9.59 Å². The van der Waals surface area contributed by atoms with E-state index >= 15 is 0 Å². The normalized spacial score (nSPS) is 12.1. The van der Waals surface area contributed by atoms with Crippen molar-refractivity contribution in [1.82, 2.24) is 19.9 Å². The lowest BCUT2D eigenvalue weighted by atomic mass is 10.1. The second-order valence-electron chi connectivity index (χ2n) is 7.27. The first-order valence-electron chi connectivity index (χ1n) is 9.92. The summed E-state index contributed by atoms with van der Waals surface area (Å²) >= 11 is 5.43. The van der Waals surface area contributed by atoms with Crippen LogP contribution in [0.1, 0.15) is 21.6 Å². The average Bonchev–Trinajstić information content (AvgIpc) is 3.28. The van der Waals surface area contributed by atoms with Crippen LogP contribution in [0.25, 0.3) is 10.9 Å². The molecule has 32 heavy (non-hydrogen) atoms. The van der Waals surface area contributed by atoms with E-state index in [-0.39, 0.29) is 29.6 Å². The fourth-order valence-corrected chi connectivity index (χ4v) is 3.79. The van der Waals surface area contributed by atoms with Gasteiger partial charge in [0.05, 0.1) is 29.7 Å². The van der Waals surface area contributed by atoms with Crippen LogP contribution in [0.4, 0.5) is 0 Å². The minimum absolute atomic E-state index is 0.187. The van der Waals surface area contributed by atoms with Gasteiger partial charge in [-0.05, 0) is 60.2 Å². The zero-order valence-electron chi connectivity index (χ0n) is 16.8. The molecule has 0 saturated carbocycles. The summed E-state index contributed by atoms with van der Waals surface area (Å²) in [6.07, 6.45) is 1.67. The second kappa shape index (κ2) is 8.27. The number of benzene rings is 2. The smallest absolute Gasteiger partial charge is 0.262 e. The summed E-state index contributed by atoms with van der Waals surface area (Å²) in [5, 5.41) is 3.27. The molecule has 4 aromatic rings. The van der Waals surface area contributed by atoms with Crippen LogP contribution in [0.2, 0.25) is 0 Å². The van der Waals surface area contributed by atoms with Crippen LogP contribution in [0, 0.1) is 4.77 Å². The molecule has 2 aromatic carbocycles. The fourth-order valence-electron chi connectivity index (χ4n) is 3.54. The molecule has 1 amide bonds. The largest absolute Gasteiger partial charge is 0.454 e. The highest BCUT2D eigenvalue weighted by atomic mass is 32.1. The maximum Gasteiger partial charge on any atom is 0.262 e. The van der Waals surface area contributed by atoms with Crippen molar-refractivity contribution >= 4 is 29.0 Å². The number of rotatable bonds is 5. The van der Waals surface area contributed by atoms with Crippen molar-refractivity contribution in [3.8, 4) is 11.5 Å². The number of nitrogens with one attached hydrogen (secondary N) is 2. The van der Waals surface area contributed by atoms with Gasteiger partial charge in [0.15, 0.2) is 16.3 Å². The topological polar surface area (TPSA) is 98.2 Å². The molecule has 5 rings (SSSR count). The van der Waals surface area contributed by atoms with Gasteiger partial charge >= 0.3 is 0 Å². The standard InChI is InChI=1S/C23H18N4O4S/c28-21(25-11-16-3-1-2-8-24-16)15-5-6-17-18(10-15)26-23(32)27(22(17)29)12-14-4-7-19-20(9-14)31-13-30-19/h1-10H,11-13H2,(H,25,28)(H,26,32). The lowest BCUT2D eigenvalue weighted by Crippen LogP contribution is -2.25. The number of H-pyrrole nitrogens is 1. The Morgan fingerprint density at radius 2 is 2.00 bits per heavy atom. The van der Waals surface area contributed by atoms with Crippen LogP contribution >= 0.6 is 12.2 Å². The zero-order chi connectivity index (χ0) is 22.1. The number of carbonyl (C=O) groups is 1. The molecule has 0 aliphatic carbocycles. The molecule has 0 fully saturated rings. The Hall–Kier alpha value is -3.98. The van der Waals surface area contributed by atoms with E-state index in [2.05, 4.69) is 15.3 Å². The molecule has 9 heteroatoms. The molecular formula is C23H18N4O4S. The highest BCUT2D eigenvalue weighted by molar-refractivity contribution is 7.71. The molecule has 2 N–H and O–H groups in total. The highest BCUT2D eigenvalue weighted by Crippen LogP contribution is 2.32. The van der Waals surface area contributed by atoms with Gasteiger partial charge in [-0.25, -0.2) is 0 Å². The minimum Gasteiger partial charge on any atom is -0.454 e. The fraction of sp³-hybridized carbons (Fsp3) is 0.130. The number of ether oxygens (including phenoxy) is 2. The van der Waals surface area contributed by atoms with E-state index in [1.807, 2.05) is 36.4 Å². The Morgan fingerprint density at radius 3 is 2.84 bits per heavy atom. The van der Waals surface area contributed by atoms with Crippen molar-refractivity contribution in [3.05, 3.63) is 92.7 Å². The van der Waals surface area contributed by atoms with Crippen molar-refractivity contribution in [2.75, 3.05) is 6.79 Å². The monoisotopic (exact) mass is 446 g/mol. The van der Waals surface area contributed by atoms with Gasteiger partial charge in [0.1, 0.15) is 0 Å². The van der Waals surface area contributed by atoms with Crippen LogP contribution in [0.3, 0.4) is 0 Å².